The number of aromatic amines is 1. The van der Waals surface area contributed by atoms with E-state index < -0.39 is 0 Å². The van der Waals surface area contributed by atoms with Crippen molar-refractivity contribution < 1.29 is 14.3 Å². The van der Waals surface area contributed by atoms with Crippen molar-refractivity contribution in [2.75, 3.05) is 6.61 Å². The third-order valence-corrected chi connectivity index (χ3v) is 3.48. The fourth-order valence-corrected chi connectivity index (χ4v) is 2.39. The molecule has 5 nitrogen and oxygen atoms in total. The monoisotopic (exact) mass is 284 g/mol. The van der Waals surface area contributed by atoms with Gasteiger partial charge in [-0.15, -0.1) is 0 Å². The maximum absolute atomic E-state index is 12.0. The van der Waals surface area contributed by atoms with Gasteiger partial charge in [-0.2, -0.15) is 0 Å². The van der Waals surface area contributed by atoms with Crippen molar-refractivity contribution in [1.29, 1.82) is 0 Å². The van der Waals surface area contributed by atoms with E-state index in [-0.39, 0.29) is 18.6 Å². The van der Waals surface area contributed by atoms with Crippen LogP contribution in [0.3, 0.4) is 0 Å². The quantitative estimate of drug-likeness (QED) is 0.671. The Hall–Kier alpha value is -2.53. The standard InChI is InChI=1S/C16H16N2O3/c19-9-13(18-16(20)11-5-6-21-10-11)7-12-8-17-15-4-2-1-3-14(12)15/h1-6,8,10,13,17,19H,7,9H2,(H,18,20). The average molecular weight is 284 g/mol. The lowest BCUT2D eigenvalue weighted by atomic mass is 10.1. The summed E-state index contributed by atoms with van der Waals surface area (Å²) in [7, 11) is 0. The number of hydrogen-bond acceptors (Lipinski definition) is 3. The van der Waals surface area contributed by atoms with Gasteiger partial charge in [0.2, 0.25) is 0 Å². The van der Waals surface area contributed by atoms with Crippen molar-refractivity contribution >= 4 is 16.8 Å². The maximum atomic E-state index is 12.0. The van der Waals surface area contributed by atoms with E-state index in [0.717, 1.165) is 16.5 Å². The molecule has 0 aliphatic heterocycles. The Morgan fingerprint density at radius 2 is 2.19 bits per heavy atom. The average Bonchev–Trinajstić information content (AvgIpc) is 3.16. The number of aliphatic hydroxyl groups excluding tert-OH is 1. The number of nitrogens with one attached hydrogen (secondary N) is 2. The van der Waals surface area contributed by atoms with E-state index in [1.165, 1.54) is 12.5 Å². The molecule has 1 aromatic carbocycles. The molecule has 0 spiro atoms. The first-order valence-corrected chi connectivity index (χ1v) is 6.77. The van der Waals surface area contributed by atoms with Crippen LogP contribution >= 0.6 is 0 Å². The number of rotatable bonds is 5. The van der Waals surface area contributed by atoms with Crippen molar-refractivity contribution in [3.8, 4) is 0 Å². The van der Waals surface area contributed by atoms with Crippen LogP contribution in [0.4, 0.5) is 0 Å². The van der Waals surface area contributed by atoms with Gasteiger partial charge in [0.1, 0.15) is 6.26 Å². The fourth-order valence-electron chi connectivity index (χ4n) is 2.39. The highest BCUT2D eigenvalue weighted by molar-refractivity contribution is 5.94. The number of para-hydroxylation sites is 1. The van der Waals surface area contributed by atoms with Crippen molar-refractivity contribution in [2.45, 2.75) is 12.5 Å². The lowest BCUT2D eigenvalue weighted by molar-refractivity contribution is 0.0916. The molecular weight excluding hydrogens is 268 g/mol. The summed E-state index contributed by atoms with van der Waals surface area (Å²) >= 11 is 0. The van der Waals surface area contributed by atoms with Crippen LogP contribution in [0.5, 0.6) is 0 Å². The summed E-state index contributed by atoms with van der Waals surface area (Å²) in [6.45, 7) is -0.122. The molecule has 0 fully saturated rings. The summed E-state index contributed by atoms with van der Waals surface area (Å²) in [5.74, 6) is -0.248. The first-order valence-electron chi connectivity index (χ1n) is 6.77. The van der Waals surface area contributed by atoms with Crippen molar-refractivity contribution in [1.82, 2.24) is 10.3 Å². The molecule has 0 aliphatic carbocycles. The molecule has 3 rings (SSSR count). The molecule has 0 bridgehead atoms. The fraction of sp³-hybridized carbons (Fsp3) is 0.188. The largest absolute Gasteiger partial charge is 0.472 e. The molecule has 0 aliphatic rings. The number of aliphatic hydroxyl groups is 1. The van der Waals surface area contributed by atoms with E-state index in [4.69, 9.17) is 4.42 Å². The Morgan fingerprint density at radius 3 is 2.95 bits per heavy atom. The number of furan rings is 1. The minimum absolute atomic E-state index is 0.122. The Labute approximate surface area is 121 Å². The summed E-state index contributed by atoms with van der Waals surface area (Å²) in [5, 5.41) is 13.4. The second-order valence-electron chi connectivity index (χ2n) is 4.93. The highest BCUT2D eigenvalue weighted by Crippen LogP contribution is 2.19. The molecule has 0 radical (unpaired) electrons. The van der Waals surface area contributed by atoms with Gasteiger partial charge in [0.15, 0.2) is 0 Å². The van der Waals surface area contributed by atoms with E-state index >= 15 is 0 Å². The number of carbonyl (C=O) groups is 1. The molecule has 2 aromatic heterocycles. The van der Waals surface area contributed by atoms with Gasteiger partial charge in [0.05, 0.1) is 24.5 Å². The van der Waals surface area contributed by atoms with Crippen LogP contribution in [0.15, 0.2) is 53.5 Å². The Bertz CT molecular complexity index is 731. The zero-order chi connectivity index (χ0) is 14.7. The van der Waals surface area contributed by atoms with Gasteiger partial charge in [-0.1, -0.05) is 18.2 Å². The summed E-state index contributed by atoms with van der Waals surface area (Å²) in [5.41, 5.74) is 2.56. The van der Waals surface area contributed by atoms with Crippen LogP contribution in [-0.2, 0) is 6.42 Å². The van der Waals surface area contributed by atoms with Gasteiger partial charge < -0.3 is 19.8 Å². The third kappa shape index (κ3) is 2.83. The van der Waals surface area contributed by atoms with Gasteiger partial charge in [-0.25, -0.2) is 0 Å². The van der Waals surface area contributed by atoms with Crippen LogP contribution in [-0.4, -0.2) is 28.6 Å². The molecule has 3 aromatic rings. The van der Waals surface area contributed by atoms with E-state index in [0.29, 0.717) is 12.0 Å². The highest BCUT2D eigenvalue weighted by atomic mass is 16.3. The Balaban J connectivity index is 1.74. The lowest BCUT2D eigenvalue weighted by Crippen LogP contribution is -2.38. The van der Waals surface area contributed by atoms with E-state index in [1.54, 1.807) is 6.07 Å². The summed E-state index contributed by atoms with van der Waals surface area (Å²) in [6.07, 6.45) is 5.30. The smallest absolute Gasteiger partial charge is 0.254 e. The Kier molecular flexibility index (Phi) is 3.75. The van der Waals surface area contributed by atoms with Gasteiger partial charge in [-0.05, 0) is 24.1 Å². The van der Waals surface area contributed by atoms with E-state index in [9.17, 15) is 9.90 Å². The van der Waals surface area contributed by atoms with Gasteiger partial charge in [0, 0.05) is 17.1 Å². The number of fused-ring (bicyclic) bond motifs is 1. The SMILES string of the molecule is O=C(NC(CO)Cc1c[nH]c2ccccc12)c1ccoc1. The molecule has 0 saturated carbocycles. The molecule has 0 saturated heterocycles. The summed E-state index contributed by atoms with van der Waals surface area (Å²) < 4.78 is 4.89. The summed E-state index contributed by atoms with van der Waals surface area (Å²) in [4.78, 5) is 15.2. The second kappa shape index (κ2) is 5.85. The molecule has 108 valence electrons. The Morgan fingerprint density at radius 1 is 1.33 bits per heavy atom. The normalized spacial score (nSPS) is 12.4. The second-order valence-corrected chi connectivity index (χ2v) is 4.93. The maximum Gasteiger partial charge on any atom is 0.254 e. The van der Waals surface area contributed by atoms with Gasteiger partial charge in [0.25, 0.3) is 5.91 Å². The van der Waals surface area contributed by atoms with Gasteiger partial charge in [-0.3, -0.25) is 4.79 Å². The first-order chi connectivity index (χ1) is 10.3. The number of H-pyrrole nitrogens is 1. The molecular formula is C16H16N2O3. The predicted molar refractivity (Wildman–Crippen MR) is 79.1 cm³/mol. The van der Waals surface area contributed by atoms with Crippen LogP contribution in [0.2, 0.25) is 0 Å². The predicted octanol–water partition coefficient (Wildman–Crippen LogP) is 2.09. The highest BCUT2D eigenvalue weighted by Gasteiger charge is 2.16. The zero-order valence-corrected chi connectivity index (χ0v) is 11.4. The van der Waals surface area contributed by atoms with Crippen LogP contribution in [0, 0.1) is 0 Å². The van der Waals surface area contributed by atoms with Crippen LogP contribution in [0.25, 0.3) is 10.9 Å². The van der Waals surface area contributed by atoms with E-state index in [2.05, 4.69) is 10.3 Å². The number of hydrogen-bond donors (Lipinski definition) is 3. The number of aromatic nitrogens is 1. The van der Waals surface area contributed by atoms with Crippen molar-refractivity contribution in [3.05, 3.63) is 60.2 Å². The molecule has 5 heteroatoms. The minimum atomic E-state index is -0.341. The molecule has 1 unspecified atom stereocenters. The number of benzene rings is 1. The third-order valence-electron chi connectivity index (χ3n) is 3.48. The van der Waals surface area contributed by atoms with Gasteiger partial charge >= 0.3 is 0 Å². The molecule has 21 heavy (non-hydrogen) atoms. The molecule has 3 N–H and O–H groups in total. The first kappa shape index (κ1) is 13.5. The number of amides is 1. The summed E-state index contributed by atoms with van der Waals surface area (Å²) in [6, 6.07) is 9.20. The lowest BCUT2D eigenvalue weighted by Gasteiger charge is -2.15. The molecule has 1 atom stereocenters. The van der Waals surface area contributed by atoms with Crippen LogP contribution < -0.4 is 5.32 Å². The molecule has 1 amide bonds. The minimum Gasteiger partial charge on any atom is -0.472 e. The topological polar surface area (TPSA) is 78.3 Å². The number of carbonyl (C=O) groups excluding carboxylic acids is 1. The van der Waals surface area contributed by atoms with Crippen molar-refractivity contribution in [2.24, 2.45) is 0 Å². The molecule has 2 heterocycles. The van der Waals surface area contributed by atoms with Crippen LogP contribution in [0.1, 0.15) is 15.9 Å². The van der Waals surface area contributed by atoms with Crippen molar-refractivity contribution in [3.63, 3.8) is 0 Å². The zero-order valence-electron chi connectivity index (χ0n) is 11.4. The van der Waals surface area contributed by atoms with E-state index in [1.807, 2.05) is 30.5 Å².